The fraction of sp³-hybridized carbons (Fsp3) is 0.364. The van der Waals surface area contributed by atoms with Crippen LogP contribution in [0.15, 0.2) is 53.4 Å². The van der Waals surface area contributed by atoms with Gasteiger partial charge in [-0.3, -0.25) is 4.79 Å². The summed E-state index contributed by atoms with van der Waals surface area (Å²) in [7, 11) is -4.00. The first-order chi connectivity index (χ1) is 13.9. The number of hydrogen-bond donors (Lipinski definition) is 1. The van der Waals surface area contributed by atoms with E-state index in [4.69, 9.17) is 8.92 Å². The Hall–Kier alpha value is -2.87. The summed E-state index contributed by atoms with van der Waals surface area (Å²) in [5, 5.41) is 2.58. The third-order valence-electron chi connectivity index (χ3n) is 3.92. The standard InChI is InChI=1S/C22H27NO6S/c1-15-9-11-19(12-10-15)30(26,27)29-18-8-6-7-17(13-18)14-20(23-16(2)24)21(25)28-22(3,4)5/h6-13,20H,14H2,1-5H3,(H,23,24)/t20-/m0/s1. The molecule has 2 aromatic carbocycles. The second-order valence-electron chi connectivity index (χ2n) is 7.99. The van der Waals surface area contributed by atoms with E-state index in [1.165, 1.54) is 31.2 Å². The van der Waals surface area contributed by atoms with Crippen molar-refractivity contribution < 1.29 is 26.9 Å². The lowest BCUT2D eigenvalue weighted by atomic mass is 10.1. The van der Waals surface area contributed by atoms with Gasteiger partial charge in [0, 0.05) is 13.3 Å². The normalized spacial score (nSPS) is 12.7. The van der Waals surface area contributed by atoms with Gasteiger partial charge in [0.15, 0.2) is 0 Å². The van der Waals surface area contributed by atoms with E-state index in [1.807, 2.05) is 6.92 Å². The number of amides is 1. The van der Waals surface area contributed by atoms with Crippen molar-refractivity contribution in [3.8, 4) is 5.75 Å². The highest BCUT2D eigenvalue weighted by atomic mass is 32.2. The molecular formula is C22H27NO6S. The molecule has 1 amide bonds. The van der Waals surface area contributed by atoms with Gasteiger partial charge in [-0.25, -0.2) is 4.79 Å². The third-order valence-corrected chi connectivity index (χ3v) is 5.18. The fourth-order valence-corrected chi connectivity index (χ4v) is 3.57. The number of carbonyl (C=O) groups is 2. The molecule has 2 aromatic rings. The molecule has 8 heteroatoms. The molecule has 0 spiro atoms. The van der Waals surface area contributed by atoms with Gasteiger partial charge in [0.25, 0.3) is 0 Å². The first-order valence-electron chi connectivity index (χ1n) is 9.46. The van der Waals surface area contributed by atoms with Crippen molar-refractivity contribution in [1.82, 2.24) is 5.32 Å². The van der Waals surface area contributed by atoms with Crippen LogP contribution in [0.1, 0.15) is 38.8 Å². The molecule has 1 atom stereocenters. The summed E-state index contributed by atoms with van der Waals surface area (Å²) < 4.78 is 35.6. The molecule has 0 aliphatic carbocycles. The Labute approximate surface area is 177 Å². The molecule has 1 N–H and O–H groups in total. The average Bonchev–Trinajstić information content (AvgIpc) is 2.59. The smallest absolute Gasteiger partial charge is 0.339 e. The van der Waals surface area contributed by atoms with Gasteiger partial charge in [-0.1, -0.05) is 29.8 Å². The van der Waals surface area contributed by atoms with Crippen molar-refractivity contribution in [2.24, 2.45) is 0 Å². The molecule has 0 unspecified atom stereocenters. The second kappa shape index (κ2) is 9.30. The Morgan fingerprint density at radius 2 is 1.70 bits per heavy atom. The summed E-state index contributed by atoms with van der Waals surface area (Å²) in [6, 6.07) is 11.8. The maximum atomic E-state index is 12.5. The van der Waals surface area contributed by atoms with Crippen LogP contribution in [0, 0.1) is 6.92 Å². The van der Waals surface area contributed by atoms with Gasteiger partial charge in [0.1, 0.15) is 22.3 Å². The zero-order valence-corrected chi connectivity index (χ0v) is 18.6. The SMILES string of the molecule is CC(=O)N[C@@H](Cc1cccc(OS(=O)(=O)c2ccc(C)cc2)c1)C(=O)OC(C)(C)C. The summed E-state index contributed by atoms with van der Waals surface area (Å²) in [4.78, 5) is 24.0. The first-order valence-corrected chi connectivity index (χ1v) is 10.9. The lowest BCUT2D eigenvalue weighted by Crippen LogP contribution is -2.44. The van der Waals surface area contributed by atoms with E-state index in [2.05, 4.69) is 5.32 Å². The van der Waals surface area contributed by atoms with Gasteiger partial charge in [-0.15, -0.1) is 0 Å². The predicted octanol–water partition coefficient (Wildman–Crippen LogP) is 3.15. The van der Waals surface area contributed by atoms with Gasteiger partial charge in [-0.05, 0) is 57.5 Å². The van der Waals surface area contributed by atoms with Crippen LogP contribution in [-0.2, 0) is 30.9 Å². The van der Waals surface area contributed by atoms with E-state index < -0.39 is 27.7 Å². The van der Waals surface area contributed by atoms with E-state index >= 15 is 0 Å². The van der Waals surface area contributed by atoms with Crippen molar-refractivity contribution in [2.45, 2.75) is 57.6 Å². The Balaban J connectivity index is 2.20. The van der Waals surface area contributed by atoms with Crippen LogP contribution in [0.4, 0.5) is 0 Å². The Morgan fingerprint density at radius 3 is 2.27 bits per heavy atom. The van der Waals surface area contributed by atoms with Crippen LogP contribution >= 0.6 is 0 Å². The van der Waals surface area contributed by atoms with E-state index in [-0.39, 0.29) is 23.0 Å². The first kappa shape index (κ1) is 23.4. The maximum absolute atomic E-state index is 12.5. The van der Waals surface area contributed by atoms with Gasteiger partial charge in [0.2, 0.25) is 5.91 Å². The molecule has 30 heavy (non-hydrogen) atoms. The summed E-state index contributed by atoms with van der Waals surface area (Å²) in [6.07, 6.45) is 0.121. The van der Waals surface area contributed by atoms with Gasteiger partial charge < -0.3 is 14.2 Å². The third kappa shape index (κ3) is 7.18. The van der Waals surface area contributed by atoms with E-state index in [9.17, 15) is 18.0 Å². The minimum Gasteiger partial charge on any atom is -0.458 e. The van der Waals surface area contributed by atoms with Crippen LogP contribution in [0.5, 0.6) is 5.75 Å². The molecule has 0 aliphatic rings. The molecule has 7 nitrogen and oxygen atoms in total. The number of ether oxygens (including phenoxy) is 1. The minimum absolute atomic E-state index is 0.0448. The molecule has 2 rings (SSSR count). The molecule has 0 aliphatic heterocycles. The highest BCUT2D eigenvalue weighted by Crippen LogP contribution is 2.21. The number of nitrogens with one attached hydrogen (secondary N) is 1. The Bertz CT molecular complexity index is 1010. The van der Waals surface area contributed by atoms with Crippen molar-refractivity contribution in [1.29, 1.82) is 0 Å². The monoisotopic (exact) mass is 433 g/mol. The second-order valence-corrected chi connectivity index (χ2v) is 9.53. The number of hydrogen-bond acceptors (Lipinski definition) is 6. The summed E-state index contributed by atoms with van der Waals surface area (Å²) >= 11 is 0. The number of benzene rings is 2. The zero-order chi connectivity index (χ0) is 22.5. The van der Waals surface area contributed by atoms with Gasteiger partial charge in [0.05, 0.1) is 0 Å². The molecule has 0 radical (unpaired) electrons. The molecule has 0 saturated carbocycles. The quantitative estimate of drug-likeness (QED) is 0.532. The van der Waals surface area contributed by atoms with Gasteiger partial charge >= 0.3 is 16.1 Å². The minimum atomic E-state index is -4.00. The van der Waals surface area contributed by atoms with E-state index in [1.54, 1.807) is 45.0 Å². The van der Waals surface area contributed by atoms with Crippen LogP contribution in [0.2, 0.25) is 0 Å². The summed E-state index contributed by atoms with van der Waals surface area (Å²) in [5.41, 5.74) is 0.833. The van der Waals surface area contributed by atoms with Crippen molar-refractivity contribution >= 4 is 22.0 Å². The predicted molar refractivity (Wildman–Crippen MR) is 113 cm³/mol. The zero-order valence-electron chi connectivity index (χ0n) is 17.8. The van der Waals surface area contributed by atoms with Crippen LogP contribution < -0.4 is 9.50 Å². The highest BCUT2D eigenvalue weighted by molar-refractivity contribution is 7.87. The lowest BCUT2D eigenvalue weighted by Gasteiger charge is -2.24. The highest BCUT2D eigenvalue weighted by Gasteiger charge is 2.26. The maximum Gasteiger partial charge on any atom is 0.339 e. The molecule has 162 valence electrons. The van der Waals surface area contributed by atoms with Gasteiger partial charge in [-0.2, -0.15) is 8.42 Å². The molecule has 0 fully saturated rings. The lowest BCUT2D eigenvalue weighted by molar-refractivity contribution is -0.158. The molecule has 0 saturated heterocycles. The van der Waals surface area contributed by atoms with Crippen molar-refractivity contribution in [3.63, 3.8) is 0 Å². The molecule has 0 bridgehead atoms. The number of carbonyl (C=O) groups excluding carboxylic acids is 2. The summed E-state index contributed by atoms with van der Waals surface area (Å²) in [6.45, 7) is 8.38. The van der Waals surface area contributed by atoms with Crippen LogP contribution in [0.3, 0.4) is 0 Å². The number of rotatable bonds is 7. The van der Waals surface area contributed by atoms with Crippen LogP contribution in [-0.4, -0.2) is 31.9 Å². The Kier molecular flexibility index (Phi) is 7.25. The molecule has 0 aromatic heterocycles. The van der Waals surface area contributed by atoms with E-state index in [0.29, 0.717) is 5.56 Å². The number of aryl methyl sites for hydroxylation is 1. The van der Waals surface area contributed by atoms with Crippen molar-refractivity contribution in [2.75, 3.05) is 0 Å². The van der Waals surface area contributed by atoms with E-state index in [0.717, 1.165) is 5.56 Å². The largest absolute Gasteiger partial charge is 0.458 e. The topological polar surface area (TPSA) is 98.8 Å². The van der Waals surface area contributed by atoms with Crippen molar-refractivity contribution in [3.05, 3.63) is 59.7 Å². The number of esters is 1. The summed E-state index contributed by atoms with van der Waals surface area (Å²) in [5.74, 6) is -0.838. The molecule has 0 heterocycles. The van der Waals surface area contributed by atoms with Crippen LogP contribution in [0.25, 0.3) is 0 Å². The fourth-order valence-electron chi connectivity index (χ4n) is 2.65. The molecular weight excluding hydrogens is 406 g/mol. The average molecular weight is 434 g/mol. The Morgan fingerprint density at radius 1 is 1.07 bits per heavy atom.